The lowest BCUT2D eigenvalue weighted by Gasteiger charge is -2.21. The van der Waals surface area contributed by atoms with Gasteiger partial charge in [-0.2, -0.15) is 8.42 Å². The number of nitrogens with two attached hydrogens (primary N) is 1. The highest BCUT2D eigenvalue weighted by molar-refractivity contribution is 7.91. The number of rotatable bonds is 6. The van der Waals surface area contributed by atoms with Gasteiger partial charge >= 0.3 is 16.2 Å². The first-order chi connectivity index (χ1) is 14.0. The van der Waals surface area contributed by atoms with E-state index >= 15 is 0 Å². The van der Waals surface area contributed by atoms with E-state index in [-0.39, 0.29) is 23.5 Å². The van der Waals surface area contributed by atoms with Gasteiger partial charge in [0.1, 0.15) is 11.4 Å². The van der Waals surface area contributed by atoms with Gasteiger partial charge in [-0.05, 0) is 36.2 Å². The molecule has 0 fully saturated rings. The van der Waals surface area contributed by atoms with Crippen molar-refractivity contribution in [3.8, 4) is 5.75 Å². The molecule has 13 heteroatoms. The van der Waals surface area contributed by atoms with Crippen LogP contribution in [0.1, 0.15) is 5.56 Å². The number of sulfonamides is 1. The maximum Gasteiger partial charge on any atom is 0.330 e. The number of benzene rings is 2. The number of aliphatic hydroxyl groups excluding tert-OH is 1. The maximum atomic E-state index is 12.7. The fraction of sp³-hybridized carbons (Fsp3) is 0.118. The van der Waals surface area contributed by atoms with E-state index in [0.717, 1.165) is 6.20 Å². The number of phenolic OH excluding ortho intramolecular Hbond substituents is 1. The molecule has 0 atom stereocenters. The van der Waals surface area contributed by atoms with Gasteiger partial charge in [-0.3, -0.25) is 0 Å². The Morgan fingerprint density at radius 3 is 2.33 bits per heavy atom. The third-order valence-corrected chi connectivity index (χ3v) is 7.29. The Hall–Kier alpha value is -3.45. The molecule has 1 heterocycles. The van der Waals surface area contributed by atoms with Gasteiger partial charge in [0.2, 0.25) is 5.88 Å². The lowest BCUT2D eigenvalue weighted by atomic mass is 10.1. The van der Waals surface area contributed by atoms with Crippen LogP contribution in [-0.2, 0) is 26.7 Å². The number of hydrogen-bond acceptors (Lipinski definition) is 7. The van der Waals surface area contributed by atoms with Gasteiger partial charge in [0.05, 0.1) is 11.1 Å². The summed E-state index contributed by atoms with van der Waals surface area (Å²) in [5.74, 6) is -1.04. The zero-order valence-corrected chi connectivity index (χ0v) is 17.0. The number of aliphatic hydroxyl groups is 1. The number of amides is 2. The van der Waals surface area contributed by atoms with Crippen LogP contribution in [0.25, 0.3) is 0 Å². The molecule has 0 saturated carbocycles. The average Bonchev–Trinajstić information content (AvgIpc) is 2.94. The largest absolute Gasteiger partial charge is 0.506 e. The van der Waals surface area contributed by atoms with E-state index in [4.69, 9.17) is 5.73 Å². The number of urea groups is 1. The van der Waals surface area contributed by atoms with Crippen molar-refractivity contribution in [2.24, 2.45) is 5.73 Å². The molecule has 30 heavy (non-hydrogen) atoms. The number of primary amides is 1. The summed E-state index contributed by atoms with van der Waals surface area (Å²) in [5.41, 5.74) is 5.55. The molecule has 0 aliphatic carbocycles. The minimum atomic E-state index is -4.16. The standard InChI is InChI=1S/C17H18N4O7S2/c18-17(24)20(29(25,26)13-4-2-1-3-5-13)9-8-12-6-7-14(15(22)10-12)21-11-16(23)19-30(21,27)28/h1-7,10-11,19,22-23H,8-9H2,(H2,18,24). The van der Waals surface area contributed by atoms with Crippen LogP contribution in [0.4, 0.5) is 10.5 Å². The van der Waals surface area contributed by atoms with Gasteiger partial charge in [-0.1, -0.05) is 24.3 Å². The Labute approximate surface area is 172 Å². The Bertz CT molecular complexity index is 1210. The fourth-order valence-electron chi connectivity index (χ4n) is 2.80. The quantitative estimate of drug-likeness (QED) is 0.498. The monoisotopic (exact) mass is 454 g/mol. The molecule has 0 aromatic heterocycles. The molecule has 0 unspecified atom stereocenters. The number of anilines is 1. The van der Waals surface area contributed by atoms with E-state index in [2.05, 4.69) is 0 Å². The Morgan fingerprint density at radius 1 is 1.13 bits per heavy atom. The number of hydrogen-bond donors (Lipinski definition) is 4. The van der Waals surface area contributed by atoms with E-state index < -0.39 is 37.9 Å². The van der Waals surface area contributed by atoms with Crippen molar-refractivity contribution < 1.29 is 31.8 Å². The summed E-state index contributed by atoms with van der Waals surface area (Å²) >= 11 is 0. The van der Waals surface area contributed by atoms with Crippen LogP contribution in [0.5, 0.6) is 5.75 Å². The molecule has 5 N–H and O–H groups in total. The van der Waals surface area contributed by atoms with Crippen LogP contribution in [0.15, 0.2) is 65.5 Å². The summed E-state index contributed by atoms with van der Waals surface area (Å²) in [6.07, 6.45) is 0.889. The molecule has 160 valence electrons. The SMILES string of the molecule is NC(=O)N(CCc1ccc(N2C=C(O)NS2(=O)=O)c(O)c1)S(=O)(=O)c1ccccc1. The van der Waals surface area contributed by atoms with Gasteiger partial charge < -0.3 is 15.9 Å². The molecule has 1 aliphatic heterocycles. The Balaban J connectivity index is 1.81. The molecule has 2 amide bonds. The fourth-order valence-corrected chi connectivity index (χ4v) is 5.19. The molecule has 11 nitrogen and oxygen atoms in total. The Morgan fingerprint density at radius 2 is 1.80 bits per heavy atom. The van der Waals surface area contributed by atoms with Crippen LogP contribution in [0.2, 0.25) is 0 Å². The van der Waals surface area contributed by atoms with Crippen molar-refractivity contribution in [1.29, 1.82) is 0 Å². The summed E-state index contributed by atoms with van der Waals surface area (Å²) in [7, 11) is -8.24. The highest BCUT2D eigenvalue weighted by atomic mass is 32.2. The second-order valence-corrected chi connectivity index (χ2v) is 9.63. The lowest BCUT2D eigenvalue weighted by molar-refractivity contribution is 0.232. The maximum absolute atomic E-state index is 12.7. The summed E-state index contributed by atoms with van der Waals surface area (Å²) in [5, 5.41) is 19.6. The number of nitrogens with zero attached hydrogens (tertiary/aromatic N) is 2. The highest BCUT2D eigenvalue weighted by Gasteiger charge is 2.31. The second-order valence-electron chi connectivity index (χ2n) is 6.22. The molecule has 0 radical (unpaired) electrons. The van der Waals surface area contributed by atoms with E-state index in [1.165, 1.54) is 42.5 Å². The minimum Gasteiger partial charge on any atom is -0.506 e. The third kappa shape index (κ3) is 4.11. The summed E-state index contributed by atoms with van der Waals surface area (Å²) in [4.78, 5) is 11.7. The van der Waals surface area contributed by atoms with Crippen molar-refractivity contribution in [2.45, 2.75) is 11.3 Å². The van der Waals surface area contributed by atoms with Gasteiger partial charge in [0.25, 0.3) is 10.0 Å². The van der Waals surface area contributed by atoms with Gasteiger partial charge in [0, 0.05) is 6.54 Å². The number of carbonyl (C=O) groups excluding carboxylic acids is 1. The van der Waals surface area contributed by atoms with E-state index in [1.54, 1.807) is 6.07 Å². The smallest absolute Gasteiger partial charge is 0.330 e. The molecular formula is C17H18N4O7S2. The molecule has 1 aliphatic rings. The predicted molar refractivity (Wildman–Crippen MR) is 107 cm³/mol. The van der Waals surface area contributed by atoms with Crippen LogP contribution in [0.3, 0.4) is 0 Å². The van der Waals surface area contributed by atoms with Crippen molar-refractivity contribution in [2.75, 3.05) is 10.8 Å². The molecule has 3 rings (SSSR count). The zero-order valence-electron chi connectivity index (χ0n) is 15.3. The summed E-state index contributed by atoms with van der Waals surface area (Å²) < 4.78 is 52.2. The van der Waals surface area contributed by atoms with Crippen LogP contribution < -0.4 is 14.8 Å². The molecular weight excluding hydrogens is 436 g/mol. The van der Waals surface area contributed by atoms with Gasteiger partial charge in [-0.15, -0.1) is 0 Å². The topological polar surface area (TPSA) is 170 Å². The Kier molecular flexibility index (Phi) is 5.50. The van der Waals surface area contributed by atoms with E-state index in [9.17, 15) is 31.8 Å². The summed E-state index contributed by atoms with van der Waals surface area (Å²) in [6, 6.07) is 10.1. The molecule has 2 aromatic carbocycles. The molecule has 2 aromatic rings. The second kappa shape index (κ2) is 7.76. The molecule has 0 spiro atoms. The van der Waals surface area contributed by atoms with Gasteiger partial charge in [-0.25, -0.2) is 26.5 Å². The molecule has 0 saturated heterocycles. The average molecular weight is 454 g/mol. The first kappa shape index (κ1) is 21.3. The van der Waals surface area contributed by atoms with Gasteiger partial charge in [0.15, 0.2) is 0 Å². The number of carbonyl (C=O) groups is 1. The van der Waals surface area contributed by atoms with Crippen molar-refractivity contribution in [3.05, 3.63) is 66.2 Å². The van der Waals surface area contributed by atoms with Crippen LogP contribution >= 0.6 is 0 Å². The first-order valence-corrected chi connectivity index (χ1v) is 11.3. The van der Waals surface area contributed by atoms with Crippen molar-refractivity contribution in [1.82, 2.24) is 9.03 Å². The van der Waals surface area contributed by atoms with Crippen LogP contribution in [-0.4, -0.2) is 43.9 Å². The normalized spacial score (nSPS) is 15.3. The van der Waals surface area contributed by atoms with Crippen molar-refractivity contribution >= 4 is 32.0 Å². The van der Waals surface area contributed by atoms with Crippen LogP contribution in [0, 0.1) is 0 Å². The summed E-state index contributed by atoms with van der Waals surface area (Å²) in [6.45, 7) is -0.296. The first-order valence-electron chi connectivity index (χ1n) is 8.44. The number of nitrogens with one attached hydrogen (secondary N) is 1. The molecule has 0 bridgehead atoms. The number of phenols is 1. The zero-order chi connectivity index (χ0) is 22.1. The van der Waals surface area contributed by atoms with E-state index in [0.29, 0.717) is 14.2 Å². The highest BCUT2D eigenvalue weighted by Crippen LogP contribution is 2.32. The lowest BCUT2D eigenvalue weighted by Crippen LogP contribution is -2.41. The number of aromatic hydroxyl groups is 1. The predicted octanol–water partition coefficient (Wildman–Crippen LogP) is 0.716. The third-order valence-electron chi connectivity index (χ3n) is 4.19. The van der Waals surface area contributed by atoms with Crippen molar-refractivity contribution in [3.63, 3.8) is 0 Å². The van der Waals surface area contributed by atoms with E-state index in [1.807, 2.05) is 4.72 Å². The minimum absolute atomic E-state index is 0.00886.